The summed E-state index contributed by atoms with van der Waals surface area (Å²) >= 11 is 0. The second-order valence-electron chi connectivity index (χ2n) is 7.16. The van der Waals surface area contributed by atoms with Crippen LogP contribution in [-0.2, 0) is 0 Å². The number of nitrogens with zero attached hydrogens (tertiary/aromatic N) is 1. The number of rotatable bonds is 6. The van der Waals surface area contributed by atoms with Gasteiger partial charge in [0.2, 0.25) is 0 Å². The predicted octanol–water partition coefficient (Wildman–Crippen LogP) is 3.26. The average Bonchev–Trinajstić information content (AvgIpc) is 3.12. The molecule has 106 valence electrons. The van der Waals surface area contributed by atoms with Gasteiger partial charge in [-0.15, -0.1) is 0 Å². The molecule has 2 heteroatoms. The van der Waals surface area contributed by atoms with Gasteiger partial charge in [-0.3, -0.25) is 4.90 Å². The summed E-state index contributed by atoms with van der Waals surface area (Å²) in [6.07, 6.45) is 8.48. The van der Waals surface area contributed by atoms with Crippen LogP contribution in [0.5, 0.6) is 0 Å². The maximum absolute atomic E-state index is 6.15. The van der Waals surface area contributed by atoms with Gasteiger partial charge in [0.25, 0.3) is 0 Å². The third-order valence-corrected chi connectivity index (χ3v) is 4.78. The lowest BCUT2D eigenvalue weighted by molar-refractivity contribution is 0.0899. The van der Waals surface area contributed by atoms with Crippen molar-refractivity contribution in [1.29, 1.82) is 0 Å². The van der Waals surface area contributed by atoms with Crippen LogP contribution in [0.15, 0.2) is 0 Å². The monoisotopic (exact) mass is 252 g/mol. The summed E-state index contributed by atoms with van der Waals surface area (Å²) in [5.41, 5.74) is 6.15. The van der Waals surface area contributed by atoms with Crippen LogP contribution in [0.3, 0.4) is 0 Å². The number of hydrogen-bond donors (Lipinski definition) is 1. The SMILES string of the molecule is CC(C)CN(C1CC1)C(CN)C1CCCC(C)C1. The highest BCUT2D eigenvalue weighted by Crippen LogP contribution is 2.37. The molecule has 0 aliphatic heterocycles. The minimum atomic E-state index is 0.655. The smallest absolute Gasteiger partial charge is 0.0249 e. The molecule has 2 saturated carbocycles. The van der Waals surface area contributed by atoms with Gasteiger partial charge in [-0.1, -0.05) is 33.6 Å². The van der Waals surface area contributed by atoms with Crippen LogP contribution in [0.25, 0.3) is 0 Å². The fourth-order valence-electron chi connectivity index (χ4n) is 3.81. The Bertz CT molecular complexity index is 247. The van der Waals surface area contributed by atoms with Crippen molar-refractivity contribution in [2.75, 3.05) is 13.1 Å². The molecule has 0 aromatic heterocycles. The van der Waals surface area contributed by atoms with Crippen LogP contribution in [0.2, 0.25) is 0 Å². The van der Waals surface area contributed by atoms with Crippen molar-refractivity contribution in [1.82, 2.24) is 4.90 Å². The van der Waals surface area contributed by atoms with Gasteiger partial charge in [0.05, 0.1) is 0 Å². The van der Waals surface area contributed by atoms with Gasteiger partial charge in [-0.2, -0.15) is 0 Å². The molecule has 3 unspecified atom stereocenters. The molecule has 0 saturated heterocycles. The van der Waals surface area contributed by atoms with Crippen molar-refractivity contribution in [2.45, 2.75) is 71.4 Å². The van der Waals surface area contributed by atoms with Crippen LogP contribution >= 0.6 is 0 Å². The van der Waals surface area contributed by atoms with Crippen molar-refractivity contribution < 1.29 is 0 Å². The Morgan fingerprint density at radius 3 is 2.39 bits per heavy atom. The zero-order chi connectivity index (χ0) is 13.1. The van der Waals surface area contributed by atoms with Gasteiger partial charge in [0, 0.05) is 25.2 Å². The van der Waals surface area contributed by atoms with Gasteiger partial charge in [-0.05, 0) is 43.4 Å². The summed E-state index contributed by atoms with van der Waals surface area (Å²) in [7, 11) is 0. The zero-order valence-electron chi connectivity index (χ0n) is 12.6. The van der Waals surface area contributed by atoms with E-state index in [1.165, 1.54) is 45.1 Å². The first-order valence-corrected chi connectivity index (χ1v) is 8.07. The van der Waals surface area contributed by atoms with Crippen LogP contribution in [0.1, 0.15) is 59.3 Å². The Balaban J connectivity index is 1.99. The second kappa shape index (κ2) is 6.38. The lowest BCUT2D eigenvalue weighted by atomic mass is 9.78. The molecule has 2 fully saturated rings. The third-order valence-electron chi connectivity index (χ3n) is 4.78. The molecule has 2 rings (SSSR count). The van der Waals surface area contributed by atoms with E-state index in [4.69, 9.17) is 5.73 Å². The quantitative estimate of drug-likeness (QED) is 0.786. The predicted molar refractivity (Wildman–Crippen MR) is 78.5 cm³/mol. The van der Waals surface area contributed by atoms with Gasteiger partial charge >= 0.3 is 0 Å². The van der Waals surface area contributed by atoms with E-state index < -0.39 is 0 Å². The topological polar surface area (TPSA) is 29.3 Å². The van der Waals surface area contributed by atoms with Crippen LogP contribution in [-0.4, -0.2) is 30.1 Å². The minimum absolute atomic E-state index is 0.655. The molecule has 0 radical (unpaired) electrons. The Labute approximate surface area is 113 Å². The molecular formula is C16H32N2. The molecule has 0 heterocycles. The zero-order valence-corrected chi connectivity index (χ0v) is 12.6. The largest absolute Gasteiger partial charge is 0.329 e. The standard InChI is InChI=1S/C16H32N2/c1-12(2)11-18(15-7-8-15)16(10-17)14-6-4-5-13(3)9-14/h12-16H,4-11,17H2,1-3H3. The minimum Gasteiger partial charge on any atom is -0.329 e. The molecule has 0 bridgehead atoms. The van der Waals surface area contributed by atoms with E-state index in [9.17, 15) is 0 Å². The van der Waals surface area contributed by atoms with Crippen LogP contribution < -0.4 is 5.73 Å². The molecule has 2 nitrogen and oxygen atoms in total. The Hall–Kier alpha value is -0.0800. The number of nitrogens with two attached hydrogens (primary N) is 1. The first-order chi connectivity index (χ1) is 8.61. The molecule has 2 N–H and O–H groups in total. The first-order valence-electron chi connectivity index (χ1n) is 8.07. The van der Waals surface area contributed by atoms with Crippen LogP contribution in [0.4, 0.5) is 0 Å². The summed E-state index contributed by atoms with van der Waals surface area (Å²) in [5, 5.41) is 0. The lowest BCUT2D eigenvalue weighted by Crippen LogP contribution is -2.49. The first kappa shape index (κ1) is 14.3. The Morgan fingerprint density at radius 2 is 1.89 bits per heavy atom. The maximum Gasteiger partial charge on any atom is 0.0249 e. The van der Waals surface area contributed by atoms with Crippen molar-refractivity contribution in [3.8, 4) is 0 Å². The summed E-state index contributed by atoms with van der Waals surface area (Å²) in [4.78, 5) is 2.77. The summed E-state index contributed by atoms with van der Waals surface area (Å²) < 4.78 is 0. The van der Waals surface area contributed by atoms with E-state index in [0.29, 0.717) is 6.04 Å². The van der Waals surface area contributed by atoms with E-state index in [1.807, 2.05) is 0 Å². The second-order valence-corrected chi connectivity index (χ2v) is 7.16. The Kier molecular flexibility index (Phi) is 5.08. The molecule has 0 aromatic carbocycles. The summed E-state index contributed by atoms with van der Waals surface area (Å²) in [6, 6.07) is 1.51. The van der Waals surface area contributed by atoms with E-state index in [-0.39, 0.29) is 0 Å². The summed E-state index contributed by atoms with van der Waals surface area (Å²) in [6.45, 7) is 9.21. The molecule has 0 aromatic rings. The average molecular weight is 252 g/mol. The highest BCUT2D eigenvalue weighted by atomic mass is 15.2. The van der Waals surface area contributed by atoms with Crippen molar-refractivity contribution in [3.63, 3.8) is 0 Å². The summed E-state index contributed by atoms with van der Waals surface area (Å²) in [5.74, 6) is 2.54. The van der Waals surface area contributed by atoms with Gasteiger partial charge in [0.1, 0.15) is 0 Å². The normalized spacial score (nSPS) is 31.0. The van der Waals surface area contributed by atoms with Gasteiger partial charge < -0.3 is 5.73 Å². The maximum atomic E-state index is 6.15. The highest BCUT2D eigenvalue weighted by molar-refractivity contribution is 4.93. The van der Waals surface area contributed by atoms with E-state index >= 15 is 0 Å². The fraction of sp³-hybridized carbons (Fsp3) is 1.00. The van der Waals surface area contributed by atoms with Crippen molar-refractivity contribution >= 4 is 0 Å². The molecule has 3 atom stereocenters. The van der Waals surface area contributed by atoms with E-state index in [1.54, 1.807) is 0 Å². The van der Waals surface area contributed by atoms with Crippen molar-refractivity contribution in [3.05, 3.63) is 0 Å². The molecule has 2 aliphatic carbocycles. The fourth-order valence-corrected chi connectivity index (χ4v) is 3.81. The molecule has 18 heavy (non-hydrogen) atoms. The van der Waals surface area contributed by atoms with Crippen LogP contribution in [0, 0.1) is 17.8 Å². The van der Waals surface area contributed by atoms with Crippen molar-refractivity contribution in [2.24, 2.45) is 23.5 Å². The third kappa shape index (κ3) is 3.71. The van der Waals surface area contributed by atoms with Gasteiger partial charge in [0.15, 0.2) is 0 Å². The Morgan fingerprint density at radius 1 is 1.17 bits per heavy atom. The van der Waals surface area contributed by atoms with E-state index in [2.05, 4.69) is 25.7 Å². The molecule has 2 aliphatic rings. The molecule has 0 spiro atoms. The van der Waals surface area contributed by atoms with Gasteiger partial charge in [-0.25, -0.2) is 0 Å². The lowest BCUT2D eigenvalue weighted by Gasteiger charge is -2.40. The molecule has 0 amide bonds. The highest BCUT2D eigenvalue weighted by Gasteiger charge is 2.37. The number of hydrogen-bond acceptors (Lipinski definition) is 2. The molecular weight excluding hydrogens is 220 g/mol. The van der Waals surface area contributed by atoms with E-state index in [0.717, 1.165) is 30.3 Å².